The number of rotatable bonds is 11. The summed E-state index contributed by atoms with van der Waals surface area (Å²) in [4.78, 5) is 4.62. The minimum Gasteiger partial charge on any atom is -0.455 e. The molecule has 0 radical (unpaired) electrons. The molecule has 0 amide bonds. The molecule has 5 nitrogen and oxygen atoms in total. The molecule has 0 N–H and O–H groups in total. The van der Waals surface area contributed by atoms with E-state index in [9.17, 15) is 0 Å². The molecule has 0 bridgehead atoms. The number of fused-ring (bicyclic) bond motifs is 14. The standard InChI is InChI=1S/C48H32N2S.C46H30N2O/c1-3-12-36(13-4-1)49(37-14-5-2-6-15-37)38-27-22-33(23-28-38)34-24-29-39(30-25-34)50-45-20-9-7-16-41(45)42-31-26-35(32-46(42)50)40-18-11-19-44-43-17-8-10-21-47(43)51-48(40)44;1-2-12-35(13-3-1)47(38-27-22-31-10-4-5-11-34(31)30-38)36-23-18-32(19-24-36)33-20-25-37(26-21-33)48-42-16-8-6-15-41(42)45-43(48)29-28-40-39-14-7-9-17-44(39)49-46(40)45/h1-32H;1-30H. The fraction of sp³-hybridized carbons (Fsp3) is 0. The number of aromatic nitrogens is 2. The molecule has 20 rings (SSSR count). The Morgan fingerprint density at radius 1 is 0.250 bits per heavy atom. The van der Waals surface area contributed by atoms with Crippen molar-refractivity contribution >= 4 is 142 Å². The molecule has 16 aromatic carbocycles. The van der Waals surface area contributed by atoms with Crippen LogP contribution in [0, 0.1) is 0 Å². The van der Waals surface area contributed by atoms with Crippen LogP contribution in [0.1, 0.15) is 0 Å². The maximum absolute atomic E-state index is 6.48. The molecule has 0 saturated carbocycles. The molecule has 0 aliphatic rings. The van der Waals surface area contributed by atoms with Crippen LogP contribution in [0.25, 0.3) is 141 Å². The van der Waals surface area contributed by atoms with Crippen LogP contribution in [0.4, 0.5) is 34.1 Å². The van der Waals surface area contributed by atoms with E-state index in [1.54, 1.807) is 0 Å². The lowest BCUT2D eigenvalue weighted by molar-refractivity contribution is 0.673. The summed E-state index contributed by atoms with van der Waals surface area (Å²) in [6.07, 6.45) is 0. The van der Waals surface area contributed by atoms with Gasteiger partial charge in [-0.25, -0.2) is 0 Å². The van der Waals surface area contributed by atoms with Gasteiger partial charge in [-0.1, -0.05) is 237 Å². The lowest BCUT2D eigenvalue weighted by atomic mass is 10.0. The van der Waals surface area contributed by atoms with Gasteiger partial charge in [0.1, 0.15) is 11.2 Å². The summed E-state index contributed by atoms with van der Waals surface area (Å²) in [5, 5.41) is 12.3. The largest absolute Gasteiger partial charge is 0.455 e. The van der Waals surface area contributed by atoms with E-state index in [2.05, 4.69) is 383 Å². The Morgan fingerprint density at radius 2 is 0.690 bits per heavy atom. The SMILES string of the molecule is c1ccc(N(c2ccc(-c3ccc(-n4c5ccccc5c5c6oc7ccccc7c6ccc54)cc3)cc2)c2ccc3ccccc3c2)cc1.c1ccc(N(c2ccccc2)c2ccc(-c3ccc(-n4c5ccccc5c5ccc(-c6cccc7c6sc6ccccc67)cc54)cc3)cc2)cc1. The van der Waals surface area contributed by atoms with Gasteiger partial charge in [0.2, 0.25) is 0 Å². The van der Waals surface area contributed by atoms with Crippen molar-refractivity contribution in [1.82, 2.24) is 9.13 Å². The van der Waals surface area contributed by atoms with Crippen molar-refractivity contribution in [2.24, 2.45) is 0 Å². The van der Waals surface area contributed by atoms with Crippen LogP contribution in [0.3, 0.4) is 0 Å². The van der Waals surface area contributed by atoms with Gasteiger partial charge in [0, 0.05) is 92.6 Å². The van der Waals surface area contributed by atoms with Crippen LogP contribution < -0.4 is 9.80 Å². The molecule has 0 saturated heterocycles. The number of thiophene rings is 1. The number of furan rings is 1. The highest BCUT2D eigenvalue weighted by Crippen LogP contribution is 2.45. The predicted molar refractivity (Wildman–Crippen MR) is 425 cm³/mol. The van der Waals surface area contributed by atoms with Crippen LogP contribution in [0.5, 0.6) is 0 Å². The summed E-state index contributed by atoms with van der Waals surface area (Å²) in [6.45, 7) is 0. The highest BCUT2D eigenvalue weighted by atomic mass is 32.1. The molecule has 0 fully saturated rings. The Labute approximate surface area is 582 Å². The van der Waals surface area contributed by atoms with Crippen LogP contribution >= 0.6 is 11.3 Å². The fourth-order valence-corrected chi connectivity index (χ4v) is 16.3. The van der Waals surface area contributed by atoms with E-state index in [1.807, 2.05) is 23.5 Å². The monoisotopic (exact) mass is 1290 g/mol. The van der Waals surface area contributed by atoms with Crippen molar-refractivity contribution in [3.63, 3.8) is 0 Å². The minimum atomic E-state index is 0.918. The molecule has 6 heteroatoms. The van der Waals surface area contributed by atoms with Crippen molar-refractivity contribution in [3.8, 4) is 44.8 Å². The van der Waals surface area contributed by atoms with Gasteiger partial charge in [-0.15, -0.1) is 11.3 Å². The third-order valence-corrected chi connectivity index (χ3v) is 21.0. The zero-order valence-corrected chi connectivity index (χ0v) is 55.2. The number of anilines is 6. The zero-order chi connectivity index (χ0) is 66.0. The molecule has 0 spiro atoms. The van der Waals surface area contributed by atoms with E-state index in [0.29, 0.717) is 0 Å². The minimum absolute atomic E-state index is 0.918. The summed E-state index contributed by atoms with van der Waals surface area (Å²) < 4.78 is 13.9. The summed E-state index contributed by atoms with van der Waals surface area (Å²) in [5.74, 6) is 0. The quantitative estimate of drug-likeness (QED) is 0.129. The highest BCUT2D eigenvalue weighted by Gasteiger charge is 2.21. The Morgan fingerprint density at radius 3 is 1.32 bits per heavy atom. The first-order valence-electron chi connectivity index (χ1n) is 34.0. The third-order valence-electron chi connectivity index (χ3n) is 19.8. The summed E-state index contributed by atoms with van der Waals surface area (Å²) in [6, 6.07) is 135. The Bertz CT molecular complexity index is 6390. The number of para-hydroxylation sites is 6. The summed E-state index contributed by atoms with van der Waals surface area (Å²) >= 11 is 1.88. The predicted octanol–water partition coefficient (Wildman–Crippen LogP) is 26.9. The maximum Gasteiger partial charge on any atom is 0.145 e. The maximum atomic E-state index is 6.48. The molecular formula is C94H62N4OS. The number of hydrogen-bond donors (Lipinski definition) is 0. The Balaban J connectivity index is 0.000000139. The molecule has 0 unspecified atom stereocenters. The van der Waals surface area contributed by atoms with Gasteiger partial charge in [0.15, 0.2) is 0 Å². The lowest BCUT2D eigenvalue weighted by Crippen LogP contribution is -2.09. The smallest absolute Gasteiger partial charge is 0.145 e. The molecule has 20 aromatic rings. The molecule has 0 atom stereocenters. The van der Waals surface area contributed by atoms with Crippen LogP contribution in [-0.2, 0) is 0 Å². The van der Waals surface area contributed by atoms with Crippen LogP contribution in [0.15, 0.2) is 381 Å². The first-order chi connectivity index (χ1) is 49.6. The molecular weight excluding hydrogens is 1230 g/mol. The average molecular weight is 1300 g/mol. The summed E-state index contributed by atoms with van der Waals surface area (Å²) in [7, 11) is 0. The van der Waals surface area contributed by atoms with Crippen molar-refractivity contribution in [2.45, 2.75) is 0 Å². The zero-order valence-electron chi connectivity index (χ0n) is 54.4. The van der Waals surface area contributed by atoms with Gasteiger partial charge in [0.25, 0.3) is 0 Å². The van der Waals surface area contributed by atoms with Crippen molar-refractivity contribution in [3.05, 3.63) is 376 Å². The van der Waals surface area contributed by atoms with Gasteiger partial charge in [-0.05, 0) is 184 Å². The van der Waals surface area contributed by atoms with Gasteiger partial charge < -0.3 is 23.4 Å². The molecule has 4 heterocycles. The third kappa shape index (κ3) is 10.2. The van der Waals surface area contributed by atoms with E-state index >= 15 is 0 Å². The number of hydrogen-bond acceptors (Lipinski definition) is 4. The van der Waals surface area contributed by atoms with Crippen LogP contribution in [-0.4, -0.2) is 9.13 Å². The second-order valence-electron chi connectivity index (χ2n) is 25.5. The van der Waals surface area contributed by atoms with Gasteiger partial charge >= 0.3 is 0 Å². The second-order valence-corrected chi connectivity index (χ2v) is 26.6. The average Bonchev–Trinajstić information content (AvgIpc) is 1.55. The fourth-order valence-electron chi connectivity index (χ4n) is 15.1. The summed E-state index contributed by atoms with van der Waals surface area (Å²) in [5.41, 5.74) is 22.9. The van der Waals surface area contributed by atoms with E-state index in [0.717, 1.165) is 83.9 Å². The number of benzene rings is 16. The van der Waals surface area contributed by atoms with Crippen molar-refractivity contribution < 1.29 is 4.42 Å². The molecule has 0 aliphatic heterocycles. The normalized spacial score (nSPS) is 11.6. The highest BCUT2D eigenvalue weighted by molar-refractivity contribution is 7.26. The first kappa shape index (κ1) is 58.4. The van der Waals surface area contributed by atoms with E-state index in [4.69, 9.17) is 4.42 Å². The molecule has 0 aliphatic carbocycles. The van der Waals surface area contributed by atoms with Crippen LogP contribution in [0.2, 0.25) is 0 Å². The molecule has 4 aromatic heterocycles. The lowest BCUT2D eigenvalue weighted by Gasteiger charge is -2.26. The Hall–Kier alpha value is -13.0. The topological polar surface area (TPSA) is 29.5 Å². The van der Waals surface area contributed by atoms with E-state index < -0.39 is 0 Å². The van der Waals surface area contributed by atoms with Gasteiger partial charge in [-0.2, -0.15) is 0 Å². The van der Waals surface area contributed by atoms with Crippen molar-refractivity contribution in [2.75, 3.05) is 9.80 Å². The molecule has 470 valence electrons. The van der Waals surface area contributed by atoms with E-state index in [-0.39, 0.29) is 0 Å². The Kier molecular flexibility index (Phi) is 14.3. The number of nitrogens with zero attached hydrogens (tertiary/aromatic N) is 4. The second kappa shape index (κ2) is 24.6. The van der Waals surface area contributed by atoms with Gasteiger partial charge in [0.05, 0.1) is 27.5 Å². The van der Waals surface area contributed by atoms with Crippen molar-refractivity contribution in [1.29, 1.82) is 0 Å². The molecule has 100 heavy (non-hydrogen) atoms. The first-order valence-corrected chi connectivity index (χ1v) is 34.9. The van der Waals surface area contributed by atoms with Gasteiger partial charge in [-0.3, -0.25) is 0 Å². The van der Waals surface area contributed by atoms with E-state index in [1.165, 1.54) is 91.5 Å².